The highest BCUT2D eigenvalue weighted by atomic mass is 16.5. The van der Waals surface area contributed by atoms with Crippen LogP contribution in [0.3, 0.4) is 0 Å². The molecule has 0 aliphatic carbocycles. The van der Waals surface area contributed by atoms with Gasteiger partial charge in [-0.2, -0.15) is 0 Å². The zero-order valence-corrected chi connectivity index (χ0v) is 13.3. The molecule has 1 aromatic carbocycles. The van der Waals surface area contributed by atoms with Crippen molar-refractivity contribution in [2.45, 2.75) is 13.0 Å². The van der Waals surface area contributed by atoms with Crippen molar-refractivity contribution < 1.29 is 13.9 Å². The van der Waals surface area contributed by atoms with E-state index in [0.717, 1.165) is 24.6 Å². The predicted molar refractivity (Wildman–Crippen MR) is 87.4 cm³/mol. The van der Waals surface area contributed by atoms with Crippen LogP contribution in [0.4, 0.5) is 0 Å². The highest BCUT2D eigenvalue weighted by molar-refractivity contribution is 5.94. The highest BCUT2D eigenvalue weighted by Gasteiger charge is 2.25. The summed E-state index contributed by atoms with van der Waals surface area (Å²) in [6.45, 7) is 5.55. The average molecular weight is 314 g/mol. The number of carbonyl (C=O) groups excluding carboxylic acids is 1. The first-order valence-electron chi connectivity index (χ1n) is 7.95. The lowest BCUT2D eigenvalue weighted by molar-refractivity contribution is 0.0117. The Morgan fingerprint density at radius 1 is 1.17 bits per heavy atom. The zero-order chi connectivity index (χ0) is 16.1. The highest BCUT2D eigenvalue weighted by Crippen LogP contribution is 2.23. The maximum atomic E-state index is 12.3. The van der Waals surface area contributed by atoms with Gasteiger partial charge < -0.3 is 14.5 Å². The number of nitrogens with one attached hydrogen (secondary N) is 1. The summed E-state index contributed by atoms with van der Waals surface area (Å²) in [6.07, 6.45) is 0. The van der Waals surface area contributed by atoms with Crippen molar-refractivity contribution in [3.05, 3.63) is 59.5 Å². The fourth-order valence-electron chi connectivity index (χ4n) is 2.81. The summed E-state index contributed by atoms with van der Waals surface area (Å²) in [6, 6.07) is 13.2. The quantitative estimate of drug-likeness (QED) is 0.921. The molecule has 0 bridgehead atoms. The molecular weight excluding hydrogens is 292 g/mol. The zero-order valence-electron chi connectivity index (χ0n) is 13.3. The van der Waals surface area contributed by atoms with Crippen LogP contribution in [0.1, 0.15) is 27.9 Å². The van der Waals surface area contributed by atoms with Crippen molar-refractivity contribution in [1.29, 1.82) is 0 Å². The lowest BCUT2D eigenvalue weighted by atomic mass is 10.1. The minimum Gasteiger partial charge on any atom is -0.465 e. The Labute approximate surface area is 136 Å². The van der Waals surface area contributed by atoms with Crippen molar-refractivity contribution >= 4 is 5.91 Å². The molecule has 2 aromatic rings. The summed E-state index contributed by atoms with van der Waals surface area (Å²) in [4.78, 5) is 14.6. The van der Waals surface area contributed by atoms with Crippen molar-refractivity contribution in [2.75, 3.05) is 32.8 Å². The van der Waals surface area contributed by atoms with Crippen LogP contribution >= 0.6 is 0 Å². The topological polar surface area (TPSA) is 54.7 Å². The molecule has 122 valence electrons. The van der Waals surface area contributed by atoms with E-state index in [0.29, 0.717) is 25.3 Å². The van der Waals surface area contributed by atoms with Gasteiger partial charge in [0.25, 0.3) is 5.91 Å². The molecule has 1 saturated heterocycles. The van der Waals surface area contributed by atoms with Crippen LogP contribution in [0.2, 0.25) is 0 Å². The summed E-state index contributed by atoms with van der Waals surface area (Å²) in [5, 5.41) is 3.02. The molecule has 5 heteroatoms. The number of ether oxygens (including phenoxy) is 1. The lowest BCUT2D eigenvalue weighted by Crippen LogP contribution is -2.43. The Kier molecular flexibility index (Phi) is 5.10. The Balaban J connectivity index is 1.69. The Morgan fingerprint density at radius 3 is 2.57 bits per heavy atom. The summed E-state index contributed by atoms with van der Waals surface area (Å²) in [5.41, 5.74) is 0.670. The number of furan rings is 1. The van der Waals surface area contributed by atoms with Gasteiger partial charge in [-0.05, 0) is 31.2 Å². The molecule has 1 unspecified atom stereocenters. The Bertz CT molecular complexity index is 633. The minimum atomic E-state index is -0.0628. The lowest BCUT2D eigenvalue weighted by Gasteiger charge is -2.33. The number of aryl methyl sites for hydroxylation is 1. The monoisotopic (exact) mass is 314 g/mol. The van der Waals surface area contributed by atoms with Crippen LogP contribution in [0, 0.1) is 6.92 Å². The molecule has 23 heavy (non-hydrogen) atoms. The second-order valence-electron chi connectivity index (χ2n) is 5.69. The first-order valence-corrected chi connectivity index (χ1v) is 7.95. The van der Waals surface area contributed by atoms with Crippen LogP contribution in [-0.2, 0) is 4.74 Å². The number of amides is 1. The smallest absolute Gasteiger partial charge is 0.251 e. The van der Waals surface area contributed by atoms with Gasteiger partial charge in [0.2, 0.25) is 0 Å². The molecule has 1 aliphatic heterocycles. The Hall–Kier alpha value is -2.11. The molecule has 1 aromatic heterocycles. The number of hydrogen-bond acceptors (Lipinski definition) is 4. The number of hydrogen-bond donors (Lipinski definition) is 1. The van der Waals surface area contributed by atoms with E-state index in [1.165, 1.54) is 0 Å². The molecule has 0 spiro atoms. The van der Waals surface area contributed by atoms with Crippen molar-refractivity contribution in [3.8, 4) is 0 Å². The van der Waals surface area contributed by atoms with Gasteiger partial charge in [0.1, 0.15) is 11.5 Å². The van der Waals surface area contributed by atoms with E-state index in [-0.39, 0.29) is 11.9 Å². The van der Waals surface area contributed by atoms with Gasteiger partial charge in [-0.25, -0.2) is 0 Å². The Morgan fingerprint density at radius 2 is 1.91 bits per heavy atom. The van der Waals surface area contributed by atoms with Gasteiger partial charge in [0.05, 0.1) is 19.3 Å². The molecule has 3 rings (SSSR count). The van der Waals surface area contributed by atoms with Gasteiger partial charge in [0.15, 0.2) is 0 Å². The fraction of sp³-hybridized carbons (Fsp3) is 0.389. The average Bonchev–Trinajstić information content (AvgIpc) is 3.03. The third-order valence-electron chi connectivity index (χ3n) is 4.07. The first kappa shape index (κ1) is 15.8. The largest absolute Gasteiger partial charge is 0.465 e. The van der Waals surface area contributed by atoms with E-state index < -0.39 is 0 Å². The van der Waals surface area contributed by atoms with E-state index in [9.17, 15) is 4.79 Å². The standard InChI is InChI=1S/C18H22N2O3/c1-14-7-8-17(23-14)16(20-9-11-22-12-10-20)13-19-18(21)15-5-3-2-4-6-15/h2-8,16H,9-13H2,1H3,(H,19,21). The van der Waals surface area contributed by atoms with Gasteiger partial charge in [0, 0.05) is 25.2 Å². The molecule has 0 saturated carbocycles. The van der Waals surface area contributed by atoms with Gasteiger partial charge in [-0.15, -0.1) is 0 Å². The van der Waals surface area contributed by atoms with Crippen molar-refractivity contribution in [3.63, 3.8) is 0 Å². The number of nitrogens with zero attached hydrogens (tertiary/aromatic N) is 1. The fourth-order valence-corrected chi connectivity index (χ4v) is 2.81. The summed E-state index contributed by atoms with van der Waals surface area (Å²) in [5.74, 6) is 1.71. The van der Waals surface area contributed by atoms with Crippen LogP contribution in [0.5, 0.6) is 0 Å². The van der Waals surface area contributed by atoms with Crippen LogP contribution in [-0.4, -0.2) is 43.7 Å². The maximum absolute atomic E-state index is 12.3. The van der Waals surface area contributed by atoms with Gasteiger partial charge in [-0.1, -0.05) is 18.2 Å². The molecule has 1 amide bonds. The molecular formula is C18H22N2O3. The number of rotatable bonds is 5. The summed E-state index contributed by atoms with van der Waals surface area (Å²) in [7, 11) is 0. The third kappa shape index (κ3) is 4.00. The van der Waals surface area contributed by atoms with Crippen molar-refractivity contribution in [1.82, 2.24) is 10.2 Å². The van der Waals surface area contributed by atoms with Gasteiger partial charge >= 0.3 is 0 Å². The van der Waals surface area contributed by atoms with Crippen LogP contribution in [0.25, 0.3) is 0 Å². The van der Waals surface area contributed by atoms with E-state index in [2.05, 4.69) is 10.2 Å². The molecule has 1 aliphatic rings. The summed E-state index contributed by atoms with van der Waals surface area (Å²) >= 11 is 0. The number of carbonyl (C=O) groups is 1. The minimum absolute atomic E-state index is 0.0280. The molecule has 1 atom stereocenters. The molecule has 1 N–H and O–H groups in total. The maximum Gasteiger partial charge on any atom is 0.251 e. The van der Waals surface area contributed by atoms with E-state index in [4.69, 9.17) is 9.15 Å². The molecule has 2 heterocycles. The molecule has 0 radical (unpaired) electrons. The predicted octanol–water partition coefficient (Wildman–Crippen LogP) is 2.39. The molecule has 5 nitrogen and oxygen atoms in total. The van der Waals surface area contributed by atoms with Crippen LogP contribution < -0.4 is 5.32 Å². The molecule has 1 fully saturated rings. The number of benzene rings is 1. The SMILES string of the molecule is Cc1ccc(C(CNC(=O)c2ccccc2)N2CCOCC2)o1. The summed E-state index contributed by atoms with van der Waals surface area (Å²) < 4.78 is 11.2. The number of morpholine rings is 1. The second-order valence-corrected chi connectivity index (χ2v) is 5.69. The third-order valence-corrected chi connectivity index (χ3v) is 4.07. The second kappa shape index (κ2) is 7.44. The van der Waals surface area contributed by atoms with Crippen molar-refractivity contribution in [2.24, 2.45) is 0 Å². The van der Waals surface area contributed by atoms with E-state index in [1.54, 1.807) is 0 Å². The first-order chi connectivity index (χ1) is 11.2. The normalized spacial score (nSPS) is 16.9. The van der Waals surface area contributed by atoms with Crippen LogP contribution in [0.15, 0.2) is 46.9 Å². The van der Waals surface area contributed by atoms with E-state index >= 15 is 0 Å². The van der Waals surface area contributed by atoms with E-state index in [1.807, 2.05) is 49.4 Å². The van der Waals surface area contributed by atoms with Gasteiger partial charge in [-0.3, -0.25) is 9.69 Å².